The monoisotopic (exact) mass is 329 g/mol. The zero-order valence-corrected chi connectivity index (χ0v) is 13.9. The summed E-state index contributed by atoms with van der Waals surface area (Å²) in [5.74, 6) is 0.644. The Morgan fingerprint density at radius 3 is 2.74 bits per heavy atom. The van der Waals surface area contributed by atoms with Gasteiger partial charge in [-0.25, -0.2) is 0 Å². The first kappa shape index (κ1) is 15.9. The summed E-state index contributed by atoms with van der Waals surface area (Å²) >= 11 is 5.96. The maximum absolute atomic E-state index is 12.8. The third-order valence-corrected chi connectivity index (χ3v) is 4.41. The summed E-state index contributed by atoms with van der Waals surface area (Å²) in [6.07, 6.45) is 1.49. The molecule has 2 atom stereocenters. The Morgan fingerprint density at radius 2 is 2.00 bits per heavy atom. The maximum atomic E-state index is 12.8. The number of hydrogen-bond acceptors (Lipinski definition) is 2. The van der Waals surface area contributed by atoms with Crippen molar-refractivity contribution in [3.63, 3.8) is 0 Å². The Morgan fingerprint density at radius 1 is 1.22 bits per heavy atom. The number of rotatable bonds is 4. The fraction of sp³-hybridized carbons (Fsp3) is 0.316. The summed E-state index contributed by atoms with van der Waals surface area (Å²) in [4.78, 5) is 14.7. The zero-order chi connectivity index (χ0) is 16.2. The molecule has 4 heteroatoms. The fourth-order valence-corrected chi connectivity index (χ4v) is 3.26. The van der Waals surface area contributed by atoms with Gasteiger partial charge >= 0.3 is 0 Å². The Balaban J connectivity index is 1.71. The van der Waals surface area contributed by atoms with E-state index in [9.17, 15) is 4.79 Å². The van der Waals surface area contributed by atoms with Gasteiger partial charge in [0.25, 0.3) is 5.91 Å². The first-order chi connectivity index (χ1) is 11.1. The average molecular weight is 330 g/mol. The second-order valence-corrected chi connectivity index (χ2v) is 6.25. The SMILES string of the molecule is CC(Oc1cccc(Cl)c1)C(=O)N1CCCC1c1ccccc1. The lowest BCUT2D eigenvalue weighted by Gasteiger charge is -2.28. The Labute approximate surface area is 141 Å². The Kier molecular flexibility index (Phi) is 4.87. The molecule has 1 amide bonds. The topological polar surface area (TPSA) is 29.5 Å². The zero-order valence-electron chi connectivity index (χ0n) is 13.1. The predicted molar refractivity (Wildman–Crippen MR) is 91.7 cm³/mol. The first-order valence-corrected chi connectivity index (χ1v) is 8.30. The fourth-order valence-electron chi connectivity index (χ4n) is 3.08. The second kappa shape index (κ2) is 7.05. The number of carbonyl (C=O) groups is 1. The van der Waals surface area contributed by atoms with Crippen molar-refractivity contribution >= 4 is 17.5 Å². The van der Waals surface area contributed by atoms with E-state index in [1.807, 2.05) is 35.2 Å². The smallest absolute Gasteiger partial charge is 0.263 e. The van der Waals surface area contributed by atoms with Crippen molar-refractivity contribution in [3.8, 4) is 5.75 Å². The van der Waals surface area contributed by atoms with Crippen LogP contribution in [0, 0.1) is 0 Å². The molecule has 0 N–H and O–H groups in total. The van der Waals surface area contributed by atoms with Gasteiger partial charge in [-0.1, -0.05) is 48.0 Å². The molecule has 0 radical (unpaired) electrons. The highest BCUT2D eigenvalue weighted by molar-refractivity contribution is 6.30. The minimum Gasteiger partial charge on any atom is -0.481 e. The third-order valence-electron chi connectivity index (χ3n) is 4.18. The summed E-state index contributed by atoms with van der Waals surface area (Å²) in [5, 5.41) is 0.602. The van der Waals surface area contributed by atoms with E-state index in [1.54, 1.807) is 19.1 Å². The van der Waals surface area contributed by atoms with E-state index in [1.165, 1.54) is 5.56 Å². The Bertz CT molecular complexity index is 674. The molecule has 1 aliphatic rings. The van der Waals surface area contributed by atoms with Gasteiger partial charge in [-0.3, -0.25) is 4.79 Å². The van der Waals surface area contributed by atoms with Crippen molar-refractivity contribution < 1.29 is 9.53 Å². The van der Waals surface area contributed by atoms with E-state index in [0.717, 1.165) is 19.4 Å². The van der Waals surface area contributed by atoms with Crippen LogP contribution in [-0.2, 0) is 4.79 Å². The quantitative estimate of drug-likeness (QED) is 0.828. The van der Waals surface area contributed by atoms with Crippen molar-refractivity contribution in [2.24, 2.45) is 0 Å². The lowest BCUT2D eigenvalue weighted by atomic mass is 10.0. The minimum atomic E-state index is -0.530. The third kappa shape index (κ3) is 3.67. The molecular weight excluding hydrogens is 310 g/mol. The van der Waals surface area contributed by atoms with Gasteiger partial charge in [0.15, 0.2) is 6.10 Å². The van der Waals surface area contributed by atoms with E-state index in [-0.39, 0.29) is 11.9 Å². The number of carbonyl (C=O) groups excluding carboxylic acids is 1. The standard InChI is InChI=1S/C19H20ClNO2/c1-14(23-17-10-5-9-16(20)13-17)19(22)21-12-6-11-18(21)15-7-3-2-4-8-15/h2-5,7-10,13-14,18H,6,11-12H2,1H3. The number of halogens is 1. The summed E-state index contributed by atoms with van der Waals surface area (Å²) in [7, 11) is 0. The molecule has 2 unspecified atom stereocenters. The van der Waals surface area contributed by atoms with Gasteiger partial charge in [-0.15, -0.1) is 0 Å². The molecule has 3 nitrogen and oxygen atoms in total. The number of likely N-dealkylation sites (tertiary alicyclic amines) is 1. The van der Waals surface area contributed by atoms with Crippen molar-refractivity contribution in [1.82, 2.24) is 4.90 Å². The van der Waals surface area contributed by atoms with Crippen LogP contribution in [0.1, 0.15) is 31.4 Å². The van der Waals surface area contributed by atoms with Gasteiger partial charge in [-0.05, 0) is 43.5 Å². The van der Waals surface area contributed by atoms with Gasteiger partial charge < -0.3 is 9.64 Å². The normalized spacial score (nSPS) is 18.7. The second-order valence-electron chi connectivity index (χ2n) is 5.82. The van der Waals surface area contributed by atoms with E-state index in [2.05, 4.69) is 12.1 Å². The van der Waals surface area contributed by atoms with Crippen molar-refractivity contribution in [2.45, 2.75) is 31.9 Å². The van der Waals surface area contributed by atoms with Crippen molar-refractivity contribution in [2.75, 3.05) is 6.54 Å². The highest BCUT2D eigenvalue weighted by atomic mass is 35.5. The van der Waals surface area contributed by atoms with Crippen LogP contribution in [-0.4, -0.2) is 23.5 Å². The van der Waals surface area contributed by atoms with E-state index < -0.39 is 6.10 Å². The molecule has 1 fully saturated rings. The van der Waals surface area contributed by atoms with E-state index in [0.29, 0.717) is 10.8 Å². The molecule has 0 saturated carbocycles. The summed E-state index contributed by atoms with van der Waals surface area (Å²) < 4.78 is 5.78. The van der Waals surface area contributed by atoms with Crippen LogP contribution in [0.5, 0.6) is 5.75 Å². The van der Waals surface area contributed by atoms with Crippen LogP contribution in [0.3, 0.4) is 0 Å². The van der Waals surface area contributed by atoms with E-state index in [4.69, 9.17) is 16.3 Å². The number of amides is 1. The molecule has 1 aliphatic heterocycles. The van der Waals surface area contributed by atoms with E-state index >= 15 is 0 Å². The molecule has 1 heterocycles. The Hall–Kier alpha value is -2.00. The van der Waals surface area contributed by atoms with Gasteiger partial charge in [0.2, 0.25) is 0 Å². The molecule has 120 valence electrons. The summed E-state index contributed by atoms with van der Waals surface area (Å²) in [5.41, 5.74) is 1.19. The maximum Gasteiger partial charge on any atom is 0.263 e. The first-order valence-electron chi connectivity index (χ1n) is 7.93. The van der Waals surface area contributed by atoms with Gasteiger partial charge in [-0.2, -0.15) is 0 Å². The van der Waals surface area contributed by atoms with Gasteiger partial charge in [0, 0.05) is 11.6 Å². The number of benzene rings is 2. The molecule has 1 saturated heterocycles. The summed E-state index contributed by atoms with van der Waals surface area (Å²) in [6.45, 7) is 2.57. The lowest BCUT2D eigenvalue weighted by Crippen LogP contribution is -2.40. The number of ether oxygens (including phenoxy) is 1. The number of nitrogens with zero attached hydrogens (tertiary/aromatic N) is 1. The van der Waals surface area contributed by atoms with Crippen LogP contribution >= 0.6 is 11.6 Å². The molecule has 0 aliphatic carbocycles. The van der Waals surface area contributed by atoms with Gasteiger partial charge in [0.1, 0.15) is 5.75 Å². The summed E-state index contributed by atoms with van der Waals surface area (Å²) in [6, 6.07) is 17.5. The molecule has 0 bridgehead atoms. The molecule has 2 aromatic rings. The van der Waals surface area contributed by atoms with Crippen molar-refractivity contribution in [3.05, 3.63) is 65.2 Å². The molecule has 0 spiro atoms. The van der Waals surface area contributed by atoms with Gasteiger partial charge in [0.05, 0.1) is 6.04 Å². The van der Waals surface area contributed by atoms with Crippen molar-refractivity contribution in [1.29, 1.82) is 0 Å². The highest BCUT2D eigenvalue weighted by Crippen LogP contribution is 2.32. The van der Waals surface area contributed by atoms with Crippen LogP contribution in [0.15, 0.2) is 54.6 Å². The average Bonchev–Trinajstić information content (AvgIpc) is 3.04. The largest absolute Gasteiger partial charge is 0.481 e. The lowest BCUT2D eigenvalue weighted by molar-refractivity contribution is -0.138. The molecule has 2 aromatic carbocycles. The van der Waals surface area contributed by atoms with Crippen LogP contribution in [0.25, 0.3) is 0 Å². The molecule has 23 heavy (non-hydrogen) atoms. The minimum absolute atomic E-state index is 0.0244. The van der Waals surface area contributed by atoms with Crippen LogP contribution < -0.4 is 4.74 Å². The molecule has 3 rings (SSSR count). The molecule has 0 aromatic heterocycles. The van der Waals surface area contributed by atoms with Crippen LogP contribution in [0.4, 0.5) is 0 Å². The van der Waals surface area contributed by atoms with Crippen LogP contribution in [0.2, 0.25) is 5.02 Å². The number of hydrogen-bond donors (Lipinski definition) is 0. The molecular formula is C19H20ClNO2. The highest BCUT2D eigenvalue weighted by Gasteiger charge is 2.33. The predicted octanol–water partition coefficient (Wildman–Crippen LogP) is 4.47.